The van der Waals surface area contributed by atoms with Gasteiger partial charge >= 0.3 is 5.97 Å². The van der Waals surface area contributed by atoms with Crippen molar-refractivity contribution < 1.29 is 19.7 Å². The molecule has 0 saturated carbocycles. The maximum absolute atomic E-state index is 11.3. The molecule has 0 amide bonds. The highest BCUT2D eigenvalue weighted by Crippen LogP contribution is 2.35. The third-order valence-corrected chi connectivity index (χ3v) is 9.11. The number of aliphatic carboxylic acids is 1. The third kappa shape index (κ3) is 7.19. The first-order valence-electron chi connectivity index (χ1n) is 12.2. The lowest BCUT2D eigenvalue weighted by molar-refractivity contribution is -0.137. The van der Waals surface area contributed by atoms with E-state index in [0.717, 1.165) is 60.4 Å². The summed E-state index contributed by atoms with van der Waals surface area (Å²) >= 11 is 3.67. The number of rotatable bonds is 12. The van der Waals surface area contributed by atoms with Crippen LogP contribution in [0.2, 0.25) is 0 Å². The number of aromatic nitrogens is 1. The Bertz CT molecular complexity index is 1090. The summed E-state index contributed by atoms with van der Waals surface area (Å²) in [7, 11) is 1.64. The van der Waals surface area contributed by atoms with Crippen LogP contribution in [0.5, 0.6) is 5.75 Å². The predicted octanol–water partition coefficient (Wildman–Crippen LogP) is 5.71. The Morgan fingerprint density at radius 1 is 1.29 bits per heavy atom. The number of likely N-dealkylation sites (tertiary alicyclic amines) is 1. The van der Waals surface area contributed by atoms with Gasteiger partial charge in [-0.3, -0.25) is 9.78 Å². The lowest BCUT2D eigenvalue weighted by atomic mass is 9.79. The molecule has 35 heavy (non-hydrogen) atoms. The molecule has 0 aliphatic carbocycles. The number of piperidine rings is 1. The van der Waals surface area contributed by atoms with Gasteiger partial charge in [0.2, 0.25) is 0 Å². The molecule has 1 aliphatic heterocycles. The fourth-order valence-corrected chi connectivity index (χ4v) is 6.95. The minimum absolute atomic E-state index is 0.205. The first-order valence-corrected chi connectivity index (χ1v) is 14.1. The monoisotopic (exact) mass is 514 g/mol. The van der Waals surface area contributed by atoms with E-state index in [4.69, 9.17) is 4.74 Å². The Kier molecular flexibility index (Phi) is 9.43. The summed E-state index contributed by atoms with van der Waals surface area (Å²) in [5.41, 5.74) is 1.72. The highest BCUT2D eigenvalue weighted by Gasteiger charge is 2.30. The molecule has 0 bridgehead atoms. The highest BCUT2D eigenvalue weighted by molar-refractivity contribution is 8.01. The third-order valence-electron chi connectivity index (χ3n) is 7.00. The van der Waals surface area contributed by atoms with Gasteiger partial charge < -0.3 is 19.8 Å². The SMILES string of the molecule is COc1ccc2nccc([C@@H](O)CCC3CCN(CCSc4cccs4)CC3CCC(=O)O)c2c1. The number of hydrogen-bond donors (Lipinski definition) is 2. The van der Waals surface area contributed by atoms with E-state index in [1.165, 1.54) is 4.21 Å². The van der Waals surface area contributed by atoms with Crippen LogP contribution in [0.4, 0.5) is 0 Å². The van der Waals surface area contributed by atoms with Crippen LogP contribution in [0.3, 0.4) is 0 Å². The van der Waals surface area contributed by atoms with Crippen molar-refractivity contribution in [2.45, 2.75) is 42.4 Å². The van der Waals surface area contributed by atoms with Gasteiger partial charge in [-0.25, -0.2) is 0 Å². The quantitative estimate of drug-likeness (QED) is 0.299. The molecule has 3 atom stereocenters. The minimum Gasteiger partial charge on any atom is -0.497 e. The van der Waals surface area contributed by atoms with E-state index in [1.807, 2.05) is 36.0 Å². The second-order valence-electron chi connectivity index (χ2n) is 9.20. The van der Waals surface area contributed by atoms with Gasteiger partial charge in [-0.2, -0.15) is 0 Å². The van der Waals surface area contributed by atoms with E-state index >= 15 is 0 Å². The Morgan fingerprint density at radius 3 is 2.94 bits per heavy atom. The lowest BCUT2D eigenvalue weighted by Gasteiger charge is -2.39. The minimum atomic E-state index is -0.730. The maximum atomic E-state index is 11.3. The number of aliphatic hydroxyl groups is 1. The van der Waals surface area contributed by atoms with E-state index in [-0.39, 0.29) is 6.42 Å². The van der Waals surface area contributed by atoms with Crippen LogP contribution in [0.25, 0.3) is 10.9 Å². The van der Waals surface area contributed by atoms with Crippen molar-refractivity contribution in [2.75, 3.05) is 32.5 Å². The number of ether oxygens (including phenoxy) is 1. The number of carboxylic acids is 1. The first kappa shape index (κ1) is 25.9. The summed E-state index contributed by atoms with van der Waals surface area (Å²) in [5.74, 6) is 1.83. The normalized spacial score (nSPS) is 19.6. The molecule has 3 aromatic rings. The molecule has 0 spiro atoms. The number of carbonyl (C=O) groups is 1. The van der Waals surface area contributed by atoms with Crippen LogP contribution in [-0.2, 0) is 4.79 Å². The summed E-state index contributed by atoms with van der Waals surface area (Å²) < 4.78 is 6.71. The summed E-state index contributed by atoms with van der Waals surface area (Å²) in [4.78, 5) is 18.2. The second kappa shape index (κ2) is 12.7. The molecule has 0 radical (unpaired) electrons. The Morgan fingerprint density at radius 2 is 2.17 bits per heavy atom. The summed E-state index contributed by atoms with van der Waals surface area (Å²) in [6, 6.07) is 11.9. The smallest absolute Gasteiger partial charge is 0.303 e. The van der Waals surface area contributed by atoms with Crippen molar-refractivity contribution in [3.8, 4) is 5.75 Å². The molecule has 1 saturated heterocycles. The van der Waals surface area contributed by atoms with Gasteiger partial charge in [0, 0.05) is 36.8 Å². The van der Waals surface area contributed by atoms with Crippen molar-refractivity contribution in [2.24, 2.45) is 11.8 Å². The molecule has 1 aliphatic rings. The molecular weight excluding hydrogens is 480 g/mol. The molecule has 2 N–H and O–H groups in total. The number of carboxylic acid groups (broad SMARTS) is 1. The van der Waals surface area contributed by atoms with Crippen molar-refractivity contribution in [3.05, 3.63) is 53.5 Å². The zero-order valence-corrected chi connectivity index (χ0v) is 21.8. The Labute approximate surface area is 215 Å². The molecule has 2 unspecified atom stereocenters. The molecule has 2 aromatic heterocycles. The molecule has 1 fully saturated rings. The second-order valence-corrected chi connectivity index (χ2v) is 11.5. The lowest BCUT2D eigenvalue weighted by Crippen LogP contribution is -2.41. The highest BCUT2D eigenvalue weighted by atomic mass is 32.2. The standard InChI is InChI=1S/C27H34N2O4S2/c1-33-21-6-7-24-23(17-21)22(10-12-28-24)25(30)8-4-19-11-13-29(18-20(19)5-9-26(31)32)14-16-35-27-3-2-15-34-27/h2-3,6-7,10,12,15,17,19-20,25,30H,4-5,8-9,11,13-14,16,18H2,1H3,(H,31,32)/t19?,20?,25-/m0/s1. The first-order chi connectivity index (χ1) is 17.0. The fraction of sp³-hybridized carbons (Fsp3) is 0.481. The molecule has 1 aromatic carbocycles. The van der Waals surface area contributed by atoms with Gasteiger partial charge in [0.05, 0.1) is 22.9 Å². The summed E-state index contributed by atoms with van der Waals surface area (Å²) in [5, 5.41) is 23.4. The van der Waals surface area contributed by atoms with Gasteiger partial charge in [-0.1, -0.05) is 6.07 Å². The number of aliphatic hydroxyl groups excluding tert-OH is 1. The number of hydrogen-bond acceptors (Lipinski definition) is 7. The van der Waals surface area contributed by atoms with Gasteiger partial charge in [0.15, 0.2) is 0 Å². The predicted molar refractivity (Wildman–Crippen MR) is 142 cm³/mol. The van der Waals surface area contributed by atoms with Gasteiger partial charge in [-0.15, -0.1) is 23.1 Å². The number of nitrogens with zero attached hydrogens (tertiary/aromatic N) is 2. The van der Waals surface area contributed by atoms with Crippen molar-refractivity contribution >= 4 is 40.0 Å². The molecular formula is C27H34N2O4S2. The molecule has 4 rings (SSSR count). The van der Waals surface area contributed by atoms with Crippen LogP contribution in [-0.4, -0.2) is 58.6 Å². The van der Waals surface area contributed by atoms with Crippen LogP contribution in [0.1, 0.15) is 43.8 Å². The van der Waals surface area contributed by atoms with Crippen LogP contribution < -0.4 is 4.74 Å². The van der Waals surface area contributed by atoms with Crippen molar-refractivity contribution in [1.82, 2.24) is 9.88 Å². The Hall–Kier alpha value is -2.13. The van der Waals surface area contributed by atoms with E-state index in [9.17, 15) is 15.0 Å². The summed E-state index contributed by atoms with van der Waals surface area (Å²) in [6.45, 7) is 2.99. The topological polar surface area (TPSA) is 82.9 Å². The number of pyridine rings is 1. The number of fused-ring (bicyclic) bond motifs is 1. The van der Waals surface area contributed by atoms with Crippen molar-refractivity contribution in [3.63, 3.8) is 0 Å². The van der Waals surface area contributed by atoms with Gasteiger partial charge in [0.1, 0.15) is 5.75 Å². The fourth-order valence-electron chi connectivity index (χ4n) is 5.09. The van der Waals surface area contributed by atoms with E-state index in [2.05, 4.69) is 27.4 Å². The largest absolute Gasteiger partial charge is 0.497 e. The van der Waals surface area contributed by atoms with E-state index in [1.54, 1.807) is 24.6 Å². The molecule has 6 nitrogen and oxygen atoms in total. The molecule has 3 heterocycles. The van der Waals surface area contributed by atoms with Crippen LogP contribution in [0.15, 0.2) is 52.2 Å². The number of thioether (sulfide) groups is 1. The zero-order chi connectivity index (χ0) is 24.6. The maximum Gasteiger partial charge on any atom is 0.303 e. The van der Waals surface area contributed by atoms with E-state index in [0.29, 0.717) is 24.7 Å². The average molecular weight is 515 g/mol. The number of thiophene rings is 1. The van der Waals surface area contributed by atoms with Gasteiger partial charge in [-0.05, 0) is 85.3 Å². The van der Waals surface area contributed by atoms with Gasteiger partial charge in [0.25, 0.3) is 0 Å². The average Bonchev–Trinajstić information content (AvgIpc) is 3.39. The van der Waals surface area contributed by atoms with E-state index < -0.39 is 12.1 Å². The summed E-state index contributed by atoms with van der Waals surface area (Å²) in [6.07, 6.45) is 4.64. The Balaban J connectivity index is 1.36. The number of benzene rings is 1. The molecule has 188 valence electrons. The van der Waals surface area contributed by atoms with Crippen molar-refractivity contribution in [1.29, 1.82) is 0 Å². The number of methoxy groups -OCH3 is 1. The van der Waals surface area contributed by atoms with Crippen LogP contribution in [0, 0.1) is 11.8 Å². The molecule has 8 heteroatoms. The van der Waals surface area contributed by atoms with Crippen LogP contribution >= 0.6 is 23.1 Å². The zero-order valence-electron chi connectivity index (χ0n) is 20.1.